The van der Waals surface area contributed by atoms with E-state index in [4.69, 9.17) is 21.1 Å². The second-order valence-corrected chi connectivity index (χ2v) is 6.11. The van der Waals surface area contributed by atoms with Crippen LogP contribution in [0.4, 0.5) is 0 Å². The highest BCUT2D eigenvalue weighted by molar-refractivity contribution is 6.32. The first kappa shape index (κ1) is 20.6. The molecule has 0 atom stereocenters. The molecule has 0 unspecified atom stereocenters. The SMILES string of the molecule is CCOc1ccccc1C(=O)NCC(=O)N(C)CCOc1ccccc1Cl. The standard InChI is InChI=1S/C20H23ClN2O4/c1-3-26-17-10-6-4-8-15(17)20(25)22-14-19(24)23(2)12-13-27-18-11-7-5-9-16(18)21/h4-11H,3,12-14H2,1-2H3,(H,22,25). The molecule has 0 bridgehead atoms. The topological polar surface area (TPSA) is 67.9 Å². The summed E-state index contributed by atoms with van der Waals surface area (Å²) < 4.78 is 11.0. The predicted octanol–water partition coefficient (Wildman–Crippen LogP) is 3.01. The molecule has 1 N–H and O–H groups in total. The number of carbonyl (C=O) groups is 2. The summed E-state index contributed by atoms with van der Waals surface area (Å²) >= 11 is 6.02. The molecule has 0 fully saturated rings. The molecule has 2 aromatic rings. The smallest absolute Gasteiger partial charge is 0.255 e. The van der Waals surface area contributed by atoms with Gasteiger partial charge in [0.1, 0.15) is 18.1 Å². The van der Waals surface area contributed by atoms with Crippen LogP contribution in [0.3, 0.4) is 0 Å². The monoisotopic (exact) mass is 390 g/mol. The van der Waals surface area contributed by atoms with Crippen molar-refractivity contribution in [2.75, 3.05) is 33.4 Å². The van der Waals surface area contributed by atoms with Crippen LogP contribution < -0.4 is 14.8 Å². The Balaban J connectivity index is 1.79. The second-order valence-electron chi connectivity index (χ2n) is 5.71. The number of amides is 2. The Morgan fingerprint density at radius 2 is 1.70 bits per heavy atom. The summed E-state index contributed by atoms with van der Waals surface area (Å²) in [6.45, 7) is 2.86. The Labute approximate surface area is 164 Å². The highest BCUT2D eigenvalue weighted by atomic mass is 35.5. The van der Waals surface area contributed by atoms with Gasteiger partial charge in [-0.1, -0.05) is 35.9 Å². The lowest BCUT2D eigenvalue weighted by atomic mass is 10.2. The minimum absolute atomic E-state index is 0.109. The van der Waals surface area contributed by atoms with Crippen molar-refractivity contribution in [3.63, 3.8) is 0 Å². The first-order valence-electron chi connectivity index (χ1n) is 8.64. The van der Waals surface area contributed by atoms with Crippen molar-refractivity contribution in [1.29, 1.82) is 0 Å². The van der Waals surface area contributed by atoms with Gasteiger partial charge in [0, 0.05) is 7.05 Å². The number of rotatable bonds is 9. The summed E-state index contributed by atoms with van der Waals surface area (Å²) in [5.41, 5.74) is 0.400. The molecule has 6 nitrogen and oxygen atoms in total. The van der Waals surface area contributed by atoms with Crippen LogP contribution in [-0.2, 0) is 4.79 Å². The van der Waals surface area contributed by atoms with Gasteiger partial charge in [0.2, 0.25) is 5.91 Å². The lowest BCUT2D eigenvalue weighted by Gasteiger charge is -2.18. The van der Waals surface area contributed by atoms with E-state index in [2.05, 4.69) is 5.32 Å². The fourth-order valence-corrected chi connectivity index (χ4v) is 2.49. The first-order chi connectivity index (χ1) is 13.0. The maximum atomic E-state index is 12.3. The van der Waals surface area contributed by atoms with Gasteiger partial charge in [-0.05, 0) is 31.2 Å². The lowest BCUT2D eigenvalue weighted by Crippen LogP contribution is -2.39. The third-order valence-electron chi connectivity index (χ3n) is 3.78. The molecule has 27 heavy (non-hydrogen) atoms. The van der Waals surface area contributed by atoms with Crippen molar-refractivity contribution in [2.45, 2.75) is 6.92 Å². The van der Waals surface area contributed by atoms with Gasteiger partial charge in [0.15, 0.2) is 0 Å². The summed E-state index contributed by atoms with van der Waals surface area (Å²) in [7, 11) is 1.65. The van der Waals surface area contributed by atoms with E-state index in [0.29, 0.717) is 41.8 Å². The fraction of sp³-hybridized carbons (Fsp3) is 0.300. The summed E-state index contributed by atoms with van der Waals surface area (Å²) in [5.74, 6) is 0.486. The molecule has 2 aromatic carbocycles. The molecule has 2 rings (SSSR count). The number of ether oxygens (including phenoxy) is 2. The van der Waals surface area contributed by atoms with E-state index < -0.39 is 0 Å². The Kier molecular flexibility index (Phi) is 7.95. The highest BCUT2D eigenvalue weighted by Gasteiger charge is 2.15. The zero-order valence-electron chi connectivity index (χ0n) is 15.4. The summed E-state index contributed by atoms with van der Waals surface area (Å²) in [4.78, 5) is 26.0. The van der Waals surface area contributed by atoms with Gasteiger partial charge in [-0.25, -0.2) is 0 Å². The molecule has 0 aliphatic carbocycles. The number of hydrogen-bond donors (Lipinski definition) is 1. The van der Waals surface area contributed by atoms with E-state index in [9.17, 15) is 9.59 Å². The minimum atomic E-state index is -0.354. The summed E-state index contributed by atoms with van der Waals surface area (Å²) in [5, 5.41) is 3.14. The minimum Gasteiger partial charge on any atom is -0.493 e. The molecule has 0 saturated heterocycles. The van der Waals surface area contributed by atoms with Crippen molar-refractivity contribution in [3.8, 4) is 11.5 Å². The average Bonchev–Trinajstić information content (AvgIpc) is 2.68. The van der Waals surface area contributed by atoms with E-state index in [1.54, 1.807) is 43.4 Å². The van der Waals surface area contributed by atoms with Crippen LogP contribution in [0, 0.1) is 0 Å². The van der Waals surface area contributed by atoms with E-state index in [-0.39, 0.29) is 18.4 Å². The van der Waals surface area contributed by atoms with Gasteiger partial charge >= 0.3 is 0 Å². The lowest BCUT2D eigenvalue weighted by molar-refractivity contribution is -0.129. The van der Waals surface area contributed by atoms with Gasteiger partial charge in [-0.3, -0.25) is 9.59 Å². The van der Waals surface area contributed by atoms with Crippen LogP contribution in [0.25, 0.3) is 0 Å². The Hall–Kier alpha value is -2.73. The van der Waals surface area contributed by atoms with Gasteiger partial charge in [0.25, 0.3) is 5.91 Å². The average molecular weight is 391 g/mol. The molecule has 0 spiro atoms. The molecule has 0 aliphatic rings. The number of nitrogens with one attached hydrogen (secondary N) is 1. The predicted molar refractivity (Wildman–Crippen MR) is 105 cm³/mol. The Morgan fingerprint density at radius 1 is 1.04 bits per heavy atom. The number of halogens is 1. The number of para-hydroxylation sites is 2. The Bertz CT molecular complexity index is 782. The van der Waals surface area contributed by atoms with Crippen molar-refractivity contribution in [1.82, 2.24) is 10.2 Å². The zero-order valence-corrected chi connectivity index (χ0v) is 16.2. The van der Waals surface area contributed by atoms with Crippen molar-refractivity contribution < 1.29 is 19.1 Å². The van der Waals surface area contributed by atoms with Gasteiger partial charge in [-0.15, -0.1) is 0 Å². The van der Waals surface area contributed by atoms with Gasteiger partial charge in [0.05, 0.1) is 30.3 Å². The Morgan fingerprint density at radius 3 is 2.41 bits per heavy atom. The number of likely N-dealkylation sites (N-methyl/N-ethyl adjacent to an activating group) is 1. The van der Waals surface area contributed by atoms with Crippen LogP contribution in [0.2, 0.25) is 5.02 Å². The molecule has 7 heteroatoms. The van der Waals surface area contributed by atoms with Crippen LogP contribution in [-0.4, -0.2) is 50.1 Å². The van der Waals surface area contributed by atoms with Crippen molar-refractivity contribution in [2.24, 2.45) is 0 Å². The summed E-state index contributed by atoms with van der Waals surface area (Å²) in [6, 6.07) is 14.1. The molecule has 0 aromatic heterocycles. The van der Waals surface area contributed by atoms with E-state index in [1.165, 1.54) is 4.90 Å². The number of hydrogen-bond acceptors (Lipinski definition) is 4. The van der Waals surface area contributed by atoms with Gasteiger partial charge < -0.3 is 19.7 Å². The molecule has 0 saturated carbocycles. The zero-order chi connectivity index (χ0) is 19.6. The number of nitrogens with zero attached hydrogens (tertiary/aromatic N) is 1. The van der Waals surface area contributed by atoms with E-state index in [1.807, 2.05) is 19.1 Å². The number of carbonyl (C=O) groups excluding carboxylic acids is 2. The maximum absolute atomic E-state index is 12.3. The highest BCUT2D eigenvalue weighted by Crippen LogP contribution is 2.22. The molecule has 144 valence electrons. The molecular formula is C20H23ClN2O4. The van der Waals surface area contributed by atoms with E-state index >= 15 is 0 Å². The van der Waals surface area contributed by atoms with Crippen LogP contribution in [0.1, 0.15) is 17.3 Å². The third kappa shape index (κ3) is 6.18. The first-order valence-corrected chi connectivity index (χ1v) is 9.02. The van der Waals surface area contributed by atoms with E-state index in [0.717, 1.165) is 0 Å². The maximum Gasteiger partial charge on any atom is 0.255 e. The largest absolute Gasteiger partial charge is 0.493 e. The van der Waals surface area contributed by atoms with Gasteiger partial charge in [-0.2, -0.15) is 0 Å². The second kappa shape index (κ2) is 10.4. The van der Waals surface area contributed by atoms with Crippen LogP contribution in [0.5, 0.6) is 11.5 Å². The summed E-state index contributed by atoms with van der Waals surface area (Å²) in [6.07, 6.45) is 0. The molecule has 2 amide bonds. The molecule has 0 radical (unpaired) electrons. The van der Waals surface area contributed by atoms with Crippen LogP contribution >= 0.6 is 11.6 Å². The third-order valence-corrected chi connectivity index (χ3v) is 4.09. The van der Waals surface area contributed by atoms with Crippen molar-refractivity contribution >= 4 is 23.4 Å². The van der Waals surface area contributed by atoms with Crippen molar-refractivity contribution in [3.05, 3.63) is 59.1 Å². The fourth-order valence-electron chi connectivity index (χ4n) is 2.30. The quantitative estimate of drug-likeness (QED) is 0.714. The molecule has 0 heterocycles. The number of benzene rings is 2. The molecular weight excluding hydrogens is 368 g/mol. The molecule has 0 aliphatic heterocycles. The van der Waals surface area contributed by atoms with Crippen LogP contribution in [0.15, 0.2) is 48.5 Å². The normalized spacial score (nSPS) is 10.2.